The van der Waals surface area contributed by atoms with Crippen molar-refractivity contribution in [2.24, 2.45) is 0 Å². The molecular formula is C40H38N2O10. The molecule has 2 N–H and O–H groups in total. The number of esters is 2. The van der Waals surface area contributed by atoms with Gasteiger partial charge >= 0.3 is 24.1 Å². The Morgan fingerprint density at radius 2 is 1.04 bits per heavy atom. The predicted molar refractivity (Wildman–Crippen MR) is 190 cm³/mol. The molecule has 2 aliphatic carbocycles. The van der Waals surface area contributed by atoms with Crippen LogP contribution >= 0.6 is 0 Å². The van der Waals surface area contributed by atoms with E-state index in [-0.39, 0.29) is 52.7 Å². The number of alkyl carbamates (subject to hydrolysis) is 2. The van der Waals surface area contributed by atoms with Crippen LogP contribution in [0.15, 0.2) is 97.6 Å². The molecule has 0 aliphatic heterocycles. The Morgan fingerprint density at radius 3 is 1.52 bits per heavy atom. The van der Waals surface area contributed by atoms with E-state index in [2.05, 4.69) is 77.9 Å². The van der Waals surface area contributed by atoms with Crippen LogP contribution < -0.4 is 20.1 Å². The number of nitrogens with one attached hydrogen (secondary N) is 2. The van der Waals surface area contributed by atoms with Crippen molar-refractivity contribution in [3.63, 3.8) is 0 Å². The van der Waals surface area contributed by atoms with Gasteiger partial charge < -0.3 is 39.1 Å². The van der Waals surface area contributed by atoms with Crippen molar-refractivity contribution < 1.29 is 47.6 Å². The highest BCUT2D eigenvalue weighted by atomic mass is 16.6. The number of carbonyl (C=O) groups is 4. The molecule has 0 unspecified atom stereocenters. The highest BCUT2D eigenvalue weighted by Gasteiger charge is 2.51. The molecule has 268 valence electrons. The van der Waals surface area contributed by atoms with Crippen molar-refractivity contribution in [3.05, 3.63) is 120 Å². The van der Waals surface area contributed by atoms with Gasteiger partial charge in [-0.15, -0.1) is 0 Å². The summed E-state index contributed by atoms with van der Waals surface area (Å²) >= 11 is 0. The van der Waals surface area contributed by atoms with Gasteiger partial charge in [-0.25, -0.2) is 14.4 Å². The fourth-order valence-corrected chi connectivity index (χ4v) is 6.69. The second kappa shape index (κ2) is 16.2. The average molecular weight is 707 g/mol. The van der Waals surface area contributed by atoms with E-state index in [9.17, 15) is 19.2 Å². The van der Waals surface area contributed by atoms with E-state index >= 15 is 0 Å². The number of ether oxygens (including phenoxy) is 6. The summed E-state index contributed by atoms with van der Waals surface area (Å²) in [5, 5.41) is 5.03. The average Bonchev–Trinajstić information content (AvgIpc) is 3.61. The summed E-state index contributed by atoms with van der Waals surface area (Å²) in [5.74, 6) is 0.206. The number of hydrogen-bond donors (Lipinski definition) is 2. The summed E-state index contributed by atoms with van der Waals surface area (Å²) in [4.78, 5) is 46.0. The number of amides is 2. The number of carbonyl (C=O) groups excluding carboxylic acids is 4. The van der Waals surface area contributed by atoms with Gasteiger partial charge in [0, 0.05) is 13.0 Å². The molecule has 0 heterocycles. The zero-order valence-electron chi connectivity index (χ0n) is 28.6. The summed E-state index contributed by atoms with van der Waals surface area (Å²) in [6.45, 7) is 5.17. The molecule has 1 spiro atoms. The molecule has 12 nitrogen and oxygen atoms in total. The van der Waals surface area contributed by atoms with Gasteiger partial charge in [-0.2, -0.15) is 0 Å². The maximum absolute atomic E-state index is 12.0. The molecule has 6 rings (SSSR count). The minimum atomic E-state index is -0.653. The van der Waals surface area contributed by atoms with Crippen molar-refractivity contribution in [1.82, 2.24) is 10.6 Å². The Balaban J connectivity index is 1.19. The summed E-state index contributed by atoms with van der Waals surface area (Å²) in [6, 6.07) is 29.0. The highest BCUT2D eigenvalue weighted by molar-refractivity contribution is 5.95. The van der Waals surface area contributed by atoms with E-state index in [1.54, 1.807) is 0 Å². The smallest absolute Gasteiger partial charge is 0.407 e. The first-order valence-corrected chi connectivity index (χ1v) is 16.8. The Morgan fingerprint density at radius 1 is 0.577 bits per heavy atom. The quantitative estimate of drug-likeness (QED) is 0.0605. The van der Waals surface area contributed by atoms with Crippen molar-refractivity contribution >= 4 is 24.1 Å². The molecule has 52 heavy (non-hydrogen) atoms. The summed E-state index contributed by atoms with van der Waals surface area (Å²) in [7, 11) is 0. The maximum Gasteiger partial charge on any atom is 0.407 e. The molecule has 0 radical (unpaired) electrons. The van der Waals surface area contributed by atoms with Crippen LogP contribution in [0.5, 0.6) is 11.5 Å². The second-order valence-electron chi connectivity index (χ2n) is 11.8. The Bertz CT molecular complexity index is 1950. The van der Waals surface area contributed by atoms with Crippen LogP contribution in [0, 0.1) is 0 Å². The third-order valence-electron chi connectivity index (χ3n) is 8.66. The van der Waals surface area contributed by atoms with Crippen molar-refractivity contribution in [3.8, 4) is 33.8 Å². The van der Waals surface area contributed by atoms with Crippen LogP contribution in [0.2, 0.25) is 0 Å². The van der Waals surface area contributed by atoms with Crippen LogP contribution in [0.1, 0.15) is 29.2 Å². The summed E-state index contributed by atoms with van der Waals surface area (Å²) in [6.07, 6.45) is -0.241. The Kier molecular flexibility index (Phi) is 11.0. The van der Waals surface area contributed by atoms with E-state index in [4.69, 9.17) is 28.4 Å². The molecular weight excluding hydrogens is 668 g/mol. The summed E-state index contributed by atoms with van der Waals surface area (Å²) in [5.41, 5.74) is 8.31. The molecule has 0 atom stereocenters. The van der Waals surface area contributed by atoms with Gasteiger partial charge in [0.05, 0.1) is 18.5 Å². The van der Waals surface area contributed by atoms with Crippen LogP contribution in [0.3, 0.4) is 0 Å². The Hall–Kier alpha value is -6.30. The van der Waals surface area contributed by atoms with E-state index in [0.717, 1.165) is 28.3 Å². The van der Waals surface area contributed by atoms with Crippen LogP contribution in [-0.4, -0.2) is 76.9 Å². The largest absolute Gasteiger partial charge is 0.490 e. The van der Waals surface area contributed by atoms with Crippen molar-refractivity contribution in [2.75, 3.05) is 52.7 Å². The molecule has 0 bridgehead atoms. The van der Waals surface area contributed by atoms with Crippen LogP contribution in [0.4, 0.5) is 9.59 Å². The lowest BCUT2D eigenvalue weighted by Crippen LogP contribution is -2.29. The molecule has 0 fully saturated rings. The first-order valence-electron chi connectivity index (χ1n) is 16.8. The molecule has 0 saturated heterocycles. The number of benzene rings is 4. The van der Waals surface area contributed by atoms with Crippen LogP contribution in [-0.2, 0) is 34.0 Å². The van der Waals surface area contributed by atoms with Gasteiger partial charge in [-0.05, 0) is 68.8 Å². The number of hydrogen-bond acceptors (Lipinski definition) is 10. The van der Waals surface area contributed by atoms with Crippen LogP contribution in [0.25, 0.3) is 22.3 Å². The number of rotatable bonds is 15. The number of fused-ring (bicyclic) bond motifs is 10. The van der Waals surface area contributed by atoms with Gasteiger partial charge in [0.2, 0.25) is 0 Å². The van der Waals surface area contributed by atoms with Gasteiger partial charge in [0.25, 0.3) is 0 Å². The lowest BCUT2D eigenvalue weighted by molar-refractivity contribution is -0.141. The zero-order valence-corrected chi connectivity index (χ0v) is 28.6. The molecule has 4 aromatic rings. The zero-order chi connectivity index (χ0) is 36.5. The first-order chi connectivity index (χ1) is 25.3. The monoisotopic (exact) mass is 706 g/mol. The molecule has 0 saturated carbocycles. The van der Waals surface area contributed by atoms with Gasteiger partial charge in [0.1, 0.15) is 51.1 Å². The van der Waals surface area contributed by atoms with E-state index < -0.39 is 29.5 Å². The highest BCUT2D eigenvalue weighted by Crippen LogP contribution is 2.63. The van der Waals surface area contributed by atoms with Gasteiger partial charge in [0.15, 0.2) is 0 Å². The third kappa shape index (κ3) is 7.41. The molecule has 2 aliphatic rings. The van der Waals surface area contributed by atoms with E-state index in [0.29, 0.717) is 11.5 Å². The van der Waals surface area contributed by atoms with Gasteiger partial charge in [-0.1, -0.05) is 67.2 Å². The minimum absolute atomic E-state index is 0.000906. The molecule has 0 aromatic heterocycles. The fourth-order valence-electron chi connectivity index (χ4n) is 6.69. The molecule has 4 aromatic carbocycles. The lowest BCUT2D eigenvalue weighted by atomic mass is 9.70. The topological polar surface area (TPSA) is 148 Å². The van der Waals surface area contributed by atoms with Crippen molar-refractivity contribution in [2.45, 2.75) is 12.3 Å². The second-order valence-corrected chi connectivity index (χ2v) is 11.8. The summed E-state index contributed by atoms with van der Waals surface area (Å²) < 4.78 is 32.1. The Labute approximate surface area is 300 Å². The third-order valence-corrected chi connectivity index (χ3v) is 8.66. The normalized spacial score (nSPS) is 12.3. The first kappa shape index (κ1) is 35.5. The molecule has 2 amide bonds. The van der Waals surface area contributed by atoms with Crippen molar-refractivity contribution in [1.29, 1.82) is 0 Å². The van der Waals surface area contributed by atoms with E-state index in [1.807, 2.05) is 24.3 Å². The fraction of sp³-hybridized carbons (Fsp3) is 0.250. The SMILES string of the molecule is C=CC(=O)OCCNC(=O)OCCOc1ccc2c(c1)-c1cc(OCCOC(=O)NCCOC(C)=O)ccc1C21c2ccccc2-c2ccccc21. The standard InChI is InChI=1S/C40H38N2O10/c1-3-37(44)50-19-17-42-39(46)52-23-21-49-28-13-15-36-32(25-28)31-24-27(48-20-22-51-38(45)41-16-18-47-26(2)43)12-14-35(31)40(36)33-10-6-4-8-29(33)30-9-5-7-11-34(30)40/h3-15,24-25H,1,16-23H2,2H3,(H,41,45)(H,42,46). The maximum atomic E-state index is 12.0. The molecule has 12 heteroatoms. The van der Waals surface area contributed by atoms with E-state index in [1.165, 1.54) is 29.2 Å². The minimum Gasteiger partial charge on any atom is -0.490 e. The van der Waals surface area contributed by atoms with Gasteiger partial charge in [-0.3, -0.25) is 4.79 Å². The predicted octanol–water partition coefficient (Wildman–Crippen LogP) is 5.53. The lowest BCUT2D eigenvalue weighted by Gasteiger charge is -2.30.